The molecule has 3 rings (SSSR count). The van der Waals surface area contributed by atoms with Crippen LogP contribution < -0.4 is 11.1 Å². The number of rotatable bonds is 9. The highest BCUT2D eigenvalue weighted by atomic mass is 16.7. The average molecular weight is 535 g/mol. The van der Waals surface area contributed by atoms with E-state index in [9.17, 15) is 14.4 Å². The second-order valence-corrected chi connectivity index (χ2v) is 10.4. The van der Waals surface area contributed by atoms with Gasteiger partial charge in [-0.2, -0.15) is 0 Å². The van der Waals surface area contributed by atoms with Crippen molar-refractivity contribution >= 4 is 35.4 Å². The molecule has 2 aromatic carbocycles. The van der Waals surface area contributed by atoms with Crippen LogP contribution in [0.3, 0.4) is 0 Å². The lowest BCUT2D eigenvalue weighted by Crippen LogP contribution is -2.42. The molecular formula is C30H38N4O5. The molecule has 9 heteroatoms. The summed E-state index contributed by atoms with van der Waals surface area (Å²) in [7, 11) is 0. The Hall–Kier alpha value is -3.98. The van der Waals surface area contributed by atoms with E-state index >= 15 is 0 Å². The predicted molar refractivity (Wildman–Crippen MR) is 152 cm³/mol. The van der Waals surface area contributed by atoms with Gasteiger partial charge in [0.05, 0.1) is 12.3 Å². The number of ether oxygens (including phenoxy) is 1. The van der Waals surface area contributed by atoms with E-state index in [-0.39, 0.29) is 18.2 Å². The van der Waals surface area contributed by atoms with Gasteiger partial charge in [0.15, 0.2) is 0 Å². The van der Waals surface area contributed by atoms with Crippen molar-refractivity contribution in [3.63, 3.8) is 0 Å². The minimum Gasteiger partial charge on any atom is -0.458 e. The first-order valence-electron chi connectivity index (χ1n) is 13.2. The van der Waals surface area contributed by atoms with Gasteiger partial charge in [-0.1, -0.05) is 31.2 Å². The summed E-state index contributed by atoms with van der Waals surface area (Å²) in [5.74, 6) is -0.744. The predicted octanol–water partition coefficient (Wildman–Crippen LogP) is 4.78. The van der Waals surface area contributed by atoms with Crippen molar-refractivity contribution in [3.8, 4) is 11.1 Å². The summed E-state index contributed by atoms with van der Waals surface area (Å²) in [4.78, 5) is 48.0. The number of hydroxylamine groups is 2. The first-order valence-corrected chi connectivity index (χ1v) is 13.2. The zero-order valence-electron chi connectivity index (χ0n) is 23.5. The van der Waals surface area contributed by atoms with Crippen LogP contribution in [0.2, 0.25) is 0 Å². The number of nitrogens with zero attached hydrogens (tertiary/aromatic N) is 2. The van der Waals surface area contributed by atoms with Crippen LogP contribution in [0.4, 0.5) is 5.69 Å². The van der Waals surface area contributed by atoms with Crippen LogP contribution in [-0.2, 0) is 19.2 Å². The fourth-order valence-electron chi connectivity index (χ4n) is 3.99. The Bertz CT molecular complexity index is 1270. The highest BCUT2D eigenvalue weighted by Gasteiger charge is 2.24. The molecule has 2 aromatic rings. The maximum Gasteiger partial charge on any atom is 0.328 e. The molecule has 0 saturated carbocycles. The number of esters is 1. The molecule has 39 heavy (non-hydrogen) atoms. The molecule has 1 heterocycles. The summed E-state index contributed by atoms with van der Waals surface area (Å²) < 4.78 is 5.32. The third kappa shape index (κ3) is 8.00. The second-order valence-electron chi connectivity index (χ2n) is 10.4. The fraction of sp³-hybridized carbons (Fsp3) is 0.400. The SMILES string of the molecule is CCCN(OCC)C(=O)C1=Cc2ccc(-c3ccc(C(=O)NC(C)C(=O)OC(C)(C)C)cc3)cc2N=C(N)C1. The van der Waals surface area contributed by atoms with Crippen LogP contribution in [0.5, 0.6) is 0 Å². The maximum atomic E-state index is 13.1. The van der Waals surface area contributed by atoms with E-state index in [1.165, 1.54) is 5.06 Å². The zero-order valence-corrected chi connectivity index (χ0v) is 23.5. The molecule has 2 amide bonds. The minimum absolute atomic E-state index is 0.219. The smallest absolute Gasteiger partial charge is 0.328 e. The van der Waals surface area contributed by atoms with E-state index in [2.05, 4.69) is 10.3 Å². The van der Waals surface area contributed by atoms with Gasteiger partial charge in [-0.15, -0.1) is 0 Å². The van der Waals surface area contributed by atoms with Crippen molar-refractivity contribution in [2.24, 2.45) is 10.7 Å². The largest absolute Gasteiger partial charge is 0.458 e. The molecule has 1 aliphatic rings. The lowest BCUT2D eigenvalue weighted by Gasteiger charge is -2.22. The van der Waals surface area contributed by atoms with Crippen LogP contribution in [-0.4, -0.2) is 53.5 Å². The van der Waals surface area contributed by atoms with Gasteiger partial charge in [0, 0.05) is 29.7 Å². The Kier molecular flexibility index (Phi) is 9.64. The van der Waals surface area contributed by atoms with Gasteiger partial charge in [-0.25, -0.2) is 14.9 Å². The molecule has 1 unspecified atom stereocenters. The number of amidine groups is 1. The molecule has 1 atom stereocenters. The number of hydrogen-bond acceptors (Lipinski definition) is 7. The van der Waals surface area contributed by atoms with E-state index < -0.39 is 17.6 Å². The van der Waals surface area contributed by atoms with Crippen molar-refractivity contribution in [2.45, 2.75) is 66.0 Å². The van der Waals surface area contributed by atoms with Crippen molar-refractivity contribution < 1.29 is 24.0 Å². The summed E-state index contributed by atoms with van der Waals surface area (Å²) in [6.45, 7) is 11.6. The molecule has 3 N–H and O–H groups in total. The molecule has 0 radical (unpaired) electrons. The summed E-state index contributed by atoms with van der Waals surface area (Å²) in [6.07, 6.45) is 2.80. The molecule has 1 aliphatic heterocycles. The van der Waals surface area contributed by atoms with Gasteiger partial charge in [-0.3, -0.25) is 14.4 Å². The average Bonchev–Trinajstić information content (AvgIpc) is 3.04. The van der Waals surface area contributed by atoms with Crippen molar-refractivity contribution in [1.29, 1.82) is 0 Å². The highest BCUT2D eigenvalue weighted by molar-refractivity contribution is 6.05. The van der Waals surface area contributed by atoms with Gasteiger partial charge in [-0.05, 0) is 76.4 Å². The van der Waals surface area contributed by atoms with Crippen LogP contribution in [0.15, 0.2) is 53.0 Å². The number of amides is 2. The Morgan fingerprint density at radius 2 is 1.74 bits per heavy atom. The molecule has 208 valence electrons. The summed E-state index contributed by atoms with van der Waals surface area (Å²) >= 11 is 0. The van der Waals surface area contributed by atoms with Crippen molar-refractivity contribution in [2.75, 3.05) is 13.2 Å². The van der Waals surface area contributed by atoms with Gasteiger partial charge in [0.2, 0.25) is 0 Å². The molecule has 9 nitrogen and oxygen atoms in total. The fourth-order valence-corrected chi connectivity index (χ4v) is 3.99. The molecule has 0 saturated heterocycles. The monoisotopic (exact) mass is 534 g/mol. The number of carbonyl (C=O) groups is 3. The molecule has 0 aliphatic carbocycles. The van der Waals surface area contributed by atoms with Gasteiger partial charge in [0.1, 0.15) is 17.5 Å². The summed E-state index contributed by atoms with van der Waals surface area (Å²) in [5.41, 5.74) is 9.67. The number of nitrogens with one attached hydrogen (secondary N) is 1. The van der Waals surface area contributed by atoms with E-state index in [1.54, 1.807) is 39.8 Å². The van der Waals surface area contributed by atoms with Crippen molar-refractivity contribution in [3.05, 3.63) is 59.2 Å². The van der Waals surface area contributed by atoms with Crippen LogP contribution >= 0.6 is 0 Å². The maximum absolute atomic E-state index is 13.1. The molecule has 0 spiro atoms. The highest BCUT2D eigenvalue weighted by Crippen LogP contribution is 2.32. The number of nitrogens with two attached hydrogens (primary N) is 1. The minimum atomic E-state index is -0.781. The Morgan fingerprint density at radius 3 is 2.36 bits per heavy atom. The van der Waals surface area contributed by atoms with Crippen LogP contribution in [0.1, 0.15) is 70.3 Å². The van der Waals surface area contributed by atoms with E-state index in [4.69, 9.17) is 15.3 Å². The Morgan fingerprint density at radius 1 is 1.08 bits per heavy atom. The first kappa shape index (κ1) is 29.6. The zero-order chi connectivity index (χ0) is 28.7. The van der Waals surface area contributed by atoms with E-state index in [0.717, 1.165) is 23.1 Å². The van der Waals surface area contributed by atoms with Crippen molar-refractivity contribution in [1.82, 2.24) is 10.4 Å². The third-order valence-corrected chi connectivity index (χ3v) is 5.80. The first-order chi connectivity index (χ1) is 18.4. The molecule has 0 fully saturated rings. The van der Waals surface area contributed by atoms with Crippen LogP contribution in [0.25, 0.3) is 17.2 Å². The number of benzene rings is 2. The quantitative estimate of drug-likeness (QED) is 0.353. The lowest BCUT2D eigenvalue weighted by atomic mass is 10.00. The molecule has 0 aromatic heterocycles. The number of carbonyl (C=O) groups excluding carboxylic acids is 3. The lowest BCUT2D eigenvalue weighted by molar-refractivity contribution is -0.180. The van der Waals surface area contributed by atoms with Gasteiger partial charge < -0.3 is 15.8 Å². The number of fused-ring (bicyclic) bond motifs is 1. The standard InChI is InChI=1S/C30H38N4O5/c1-7-15-34(38-8-2)28(36)24-16-23-14-13-22(17-25(23)33-26(31)18-24)20-9-11-21(12-10-20)27(35)32-19(3)29(37)39-30(4,5)6/h9-14,16-17,19H,7-8,15,18H2,1-6H3,(H2,31,33)(H,32,35). The van der Waals surface area contributed by atoms with Gasteiger partial charge in [0.25, 0.3) is 11.8 Å². The molecular weight excluding hydrogens is 496 g/mol. The summed E-state index contributed by atoms with van der Waals surface area (Å²) in [5, 5.41) is 4.06. The van der Waals surface area contributed by atoms with E-state index in [0.29, 0.717) is 35.8 Å². The number of aliphatic imine (C=N–C) groups is 1. The van der Waals surface area contributed by atoms with E-state index in [1.807, 2.05) is 50.3 Å². The topological polar surface area (TPSA) is 123 Å². The molecule has 0 bridgehead atoms. The summed E-state index contributed by atoms with van der Waals surface area (Å²) in [6, 6.07) is 12.0. The van der Waals surface area contributed by atoms with Gasteiger partial charge >= 0.3 is 5.97 Å². The third-order valence-electron chi connectivity index (χ3n) is 5.80. The number of hydrogen-bond donors (Lipinski definition) is 2. The Labute approximate surface area is 230 Å². The Balaban J connectivity index is 1.78. The normalized spacial score (nSPS) is 13.8. The van der Waals surface area contributed by atoms with Crippen LogP contribution in [0, 0.1) is 0 Å². The second kappa shape index (κ2) is 12.7.